The Morgan fingerprint density at radius 1 is 1.10 bits per heavy atom. The quantitative estimate of drug-likeness (QED) is 0.879. The number of alkyl halides is 3. The molecule has 0 aliphatic carbocycles. The maximum atomic E-state index is 12.2. The van der Waals surface area contributed by atoms with Gasteiger partial charge in [0.25, 0.3) is 0 Å². The van der Waals surface area contributed by atoms with E-state index in [1.165, 1.54) is 31.6 Å². The predicted molar refractivity (Wildman–Crippen MR) is 67.3 cm³/mol. The molecule has 20 heavy (non-hydrogen) atoms. The van der Waals surface area contributed by atoms with E-state index in [2.05, 4.69) is 9.72 Å². The molecule has 0 amide bonds. The third-order valence-electron chi connectivity index (χ3n) is 2.52. The second kappa shape index (κ2) is 5.28. The fourth-order valence-electron chi connectivity index (χ4n) is 1.66. The van der Waals surface area contributed by atoms with Crippen molar-refractivity contribution < 1.29 is 22.6 Å². The Labute approximate surface area is 113 Å². The van der Waals surface area contributed by atoms with E-state index in [9.17, 15) is 13.2 Å². The van der Waals surface area contributed by atoms with Crippen molar-refractivity contribution in [3.63, 3.8) is 0 Å². The van der Waals surface area contributed by atoms with Crippen LogP contribution in [0.1, 0.15) is 0 Å². The summed E-state index contributed by atoms with van der Waals surface area (Å²) in [6.07, 6.45) is -1.79. The van der Waals surface area contributed by atoms with Crippen LogP contribution in [0, 0.1) is 0 Å². The SMILES string of the molecule is COc1cncc(-c2cc(OC(F)(F)F)ccc2N)c1. The molecule has 0 aliphatic heterocycles. The zero-order valence-corrected chi connectivity index (χ0v) is 10.4. The fraction of sp³-hybridized carbons (Fsp3) is 0.154. The Balaban J connectivity index is 2.42. The van der Waals surface area contributed by atoms with Gasteiger partial charge in [0.15, 0.2) is 0 Å². The van der Waals surface area contributed by atoms with Crippen molar-refractivity contribution in [3.8, 4) is 22.6 Å². The van der Waals surface area contributed by atoms with Gasteiger partial charge in [-0.1, -0.05) is 0 Å². The molecule has 0 atom stereocenters. The van der Waals surface area contributed by atoms with Crippen LogP contribution in [0.5, 0.6) is 11.5 Å². The number of ether oxygens (including phenoxy) is 2. The summed E-state index contributed by atoms with van der Waals surface area (Å²) in [6, 6.07) is 5.32. The highest BCUT2D eigenvalue weighted by Gasteiger charge is 2.31. The molecule has 7 heteroatoms. The zero-order valence-electron chi connectivity index (χ0n) is 10.4. The summed E-state index contributed by atoms with van der Waals surface area (Å²) in [5, 5.41) is 0. The molecule has 1 heterocycles. The molecule has 2 N–H and O–H groups in total. The highest BCUT2D eigenvalue weighted by Crippen LogP contribution is 2.33. The Bertz CT molecular complexity index is 615. The van der Waals surface area contributed by atoms with E-state index in [4.69, 9.17) is 10.5 Å². The van der Waals surface area contributed by atoms with E-state index in [0.29, 0.717) is 22.6 Å². The first-order valence-electron chi connectivity index (χ1n) is 5.54. The van der Waals surface area contributed by atoms with E-state index in [1.54, 1.807) is 6.07 Å². The lowest BCUT2D eigenvalue weighted by atomic mass is 10.1. The molecule has 0 bridgehead atoms. The van der Waals surface area contributed by atoms with Gasteiger partial charge < -0.3 is 15.2 Å². The molecule has 0 spiro atoms. The maximum absolute atomic E-state index is 12.2. The number of hydrogen-bond donors (Lipinski definition) is 1. The summed E-state index contributed by atoms with van der Waals surface area (Å²) in [7, 11) is 1.47. The van der Waals surface area contributed by atoms with Crippen molar-refractivity contribution in [2.75, 3.05) is 12.8 Å². The standard InChI is InChI=1S/C13H11F3N2O2/c1-19-10-4-8(6-18-7-10)11-5-9(2-3-12(11)17)20-13(14,15)16/h2-7H,17H2,1H3. The lowest BCUT2D eigenvalue weighted by molar-refractivity contribution is -0.274. The van der Waals surface area contributed by atoms with Gasteiger partial charge in [0, 0.05) is 23.0 Å². The van der Waals surface area contributed by atoms with Crippen LogP contribution in [0.2, 0.25) is 0 Å². The van der Waals surface area contributed by atoms with E-state index in [-0.39, 0.29) is 5.75 Å². The second-order valence-corrected chi connectivity index (χ2v) is 3.91. The summed E-state index contributed by atoms with van der Waals surface area (Å²) in [6.45, 7) is 0. The average Bonchev–Trinajstić information content (AvgIpc) is 2.39. The molecule has 106 valence electrons. The van der Waals surface area contributed by atoms with Crippen molar-refractivity contribution in [2.24, 2.45) is 0 Å². The Morgan fingerprint density at radius 3 is 2.50 bits per heavy atom. The first-order chi connectivity index (χ1) is 9.39. The van der Waals surface area contributed by atoms with Gasteiger partial charge in [-0.3, -0.25) is 4.98 Å². The Morgan fingerprint density at radius 2 is 1.85 bits per heavy atom. The Hall–Kier alpha value is -2.44. The first-order valence-corrected chi connectivity index (χ1v) is 5.54. The number of hydrogen-bond acceptors (Lipinski definition) is 4. The van der Waals surface area contributed by atoms with Crippen LogP contribution in [0.4, 0.5) is 18.9 Å². The summed E-state index contributed by atoms with van der Waals surface area (Å²) < 4.78 is 45.5. The van der Waals surface area contributed by atoms with E-state index in [1.807, 2.05) is 0 Å². The number of pyridine rings is 1. The zero-order chi connectivity index (χ0) is 14.8. The third kappa shape index (κ3) is 3.31. The molecule has 0 saturated heterocycles. The Kier molecular flexibility index (Phi) is 3.69. The lowest BCUT2D eigenvalue weighted by Gasteiger charge is -2.12. The molecule has 0 radical (unpaired) electrons. The molecule has 0 saturated carbocycles. The normalized spacial score (nSPS) is 11.2. The minimum atomic E-state index is -4.75. The summed E-state index contributed by atoms with van der Waals surface area (Å²) in [4.78, 5) is 3.93. The van der Waals surface area contributed by atoms with Gasteiger partial charge in [0.1, 0.15) is 11.5 Å². The summed E-state index contributed by atoms with van der Waals surface area (Å²) >= 11 is 0. The van der Waals surface area contributed by atoms with Crippen LogP contribution < -0.4 is 15.2 Å². The number of anilines is 1. The number of halogens is 3. The second-order valence-electron chi connectivity index (χ2n) is 3.91. The van der Waals surface area contributed by atoms with Crippen LogP contribution in [0.3, 0.4) is 0 Å². The van der Waals surface area contributed by atoms with Crippen molar-refractivity contribution in [2.45, 2.75) is 6.36 Å². The van der Waals surface area contributed by atoms with E-state index < -0.39 is 6.36 Å². The monoisotopic (exact) mass is 284 g/mol. The highest BCUT2D eigenvalue weighted by molar-refractivity contribution is 5.77. The van der Waals surface area contributed by atoms with E-state index in [0.717, 1.165) is 6.07 Å². The smallest absolute Gasteiger partial charge is 0.495 e. The molecular formula is C13H11F3N2O2. The largest absolute Gasteiger partial charge is 0.573 e. The number of methoxy groups -OCH3 is 1. The number of benzene rings is 1. The first kappa shape index (κ1) is 14.0. The lowest BCUT2D eigenvalue weighted by Crippen LogP contribution is -2.17. The van der Waals surface area contributed by atoms with Gasteiger partial charge in [0.2, 0.25) is 0 Å². The number of aromatic nitrogens is 1. The molecule has 2 rings (SSSR count). The number of nitrogens with zero attached hydrogens (tertiary/aromatic N) is 1. The van der Waals surface area contributed by atoms with Gasteiger partial charge in [-0.2, -0.15) is 0 Å². The summed E-state index contributed by atoms with van der Waals surface area (Å²) in [5.74, 6) is 0.133. The molecular weight excluding hydrogens is 273 g/mol. The minimum Gasteiger partial charge on any atom is -0.495 e. The minimum absolute atomic E-state index is 0.314. The van der Waals surface area contributed by atoms with Crippen LogP contribution in [-0.4, -0.2) is 18.5 Å². The average molecular weight is 284 g/mol. The fourth-order valence-corrected chi connectivity index (χ4v) is 1.66. The van der Waals surface area contributed by atoms with Crippen molar-refractivity contribution >= 4 is 5.69 Å². The molecule has 1 aromatic carbocycles. The molecule has 0 aliphatic rings. The van der Waals surface area contributed by atoms with Gasteiger partial charge >= 0.3 is 6.36 Å². The van der Waals surface area contributed by atoms with Crippen molar-refractivity contribution in [1.82, 2.24) is 4.98 Å². The number of rotatable bonds is 3. The van der Waals surface area contributed by atoms with Crippen molar-refractivity contribution in [1.29, 1.82) is 0 Å². The van der Waals surface area contributed by atoms with Crippen LogP contribution in [-0.2, 0) is 0 Å². The van der Waals surface area contributed by atoms with E-state index >= 15 is 0 Å². The number of nitrogen functional groups attached to an aromatic ring is 1. The predicted octanol–water partition coefficient (Wildman–Crippen LogP) is 3.24. The topological polar surface area (TPSA) is 57.4 Å². The van der Waals surface area contributed by atoms with Gasteiger partial charge in [-0.25, -0.2) is 0 Å². The maximum Gasteiger partial charge on any atom is 0.573 e. The molecule has 4 nitrogen and oxygen atoms in total. The summed E-state index contributed by atoms with van der Waals surface area (Å²) in [5.41, 5.74) is 7.01. The number of nitrogens with two attached hydrogens (primary N) is 1. The van der Waals surface area contributed by atoms with Gasteiger partial charge in [-0.05, 0) is 24.3 Å². The van der Waals surface area contributed by atoms with Crippen molar-refractivity contribution in [3.05, 3.63) is 36.7 Å². The van der Waals surface area contributed by atoms with Gasteiger partial charge in [0.05, 0.1) is 13.3 Å². The van der Waals surface area contributed by atoms with Gasteiger partial charge in [-0.15, -0.1) is 13.2 Å². The molecule has 0 fully saturated rings. The van der Waals surface area contributed by atoms with Crippen LogP contribution in [0.15, 0.2) is 36.7 Å². The third-order valence-corrected chi connectivity index (χ3v) is 2.52. The molecule has 1 aromatic heterocycles. The van der Waals surface area contributed by atoms with Crippen LogP contribution >= 0.6 is 0 Å². The molecule has 2 aromatic rings. The van der Waals surface area contributed by atoms with Crippen LogP contribution in [0.25, 0.3) is 11.1 Å². The molecule has 0 unspecified atom stereocenters. The highest BCUT2D eigenvalue weighted by atomic mass is 19.4.